The predicted molar refractivity (Wildman–Crippen MR) is 65.1 cm³/mol. The molecule has 0 radical (unpaired) electrons. The van der Waals surface area contributed by atoms with E-state index in [4.69, 9.17) is 0 Å². The average molecular weight is 215 g/mol. The first-order valence-corrected chi connectivity index (χ1v) is 5.65. The SMILES string of the molecule is CCC(C)c1ccc(-c2cnn(C)c2)nc1. The first-order chi connectivity index (χ1) is 7.70. The van der Waals surface area contributed by atoms with Crippen molar-refractivity contribution in [2.75, 3.05) is 0 Å². The maximum absolute atomic E-state index is 4.48. The topological polar surface area (TPSA) is 30.7 Å². The van der Waals surface area contributed by atoms with E-state index in [0.29, 0.717) is 5.92 Å². The van der Waals surface area contributed by atoms with Gasteiger partial charge in [-0.2, -0.15) is 5.10 Å². The van der Waals surface area contributed by atoms with Crippen LogP contribution in [0.25, 0.3) is 11.3 Å². The second-order valence-corrected chi connectivity index (χ2v) is 4.19. The highest BCUT2D eigenvalue weighted by molar-refractivity contribution is 5.56. The number of pyridine rings is 1. The van der Waals surface area contributed by atoms with Gasteiger partial charge in [0, 0.05) is 25.0 Å². The van der Waals surface area contributed by atoms with Crippen LogP contribution in [0.3, 0.4) is 0 Å². The molecule has 3 heteroatoms. The molecule has 0 saturated heterocycles. The first kappa shape index (κ1) is 10.9. The Morgan fingerprint density at radius 1 is 1.31 bits per heavy atom. The zero-order valence-corrected chi connectivity index (χ0v) is 10.0. The van der Waals surface area contributed by atoms with E-state index in [-0.39, 0.29) is 0 Å². The van der Waals surface area contributed by atoms with Crippen LogP contribution in [-0.4, -0.2) is 14.8 Å². The summed E-state index contributed by atoms with van der Waals surface area (Å²) in [6.07, 6.45) is 6.93. The van der Waals surface area contributed by atoms with Crippen molar-refractivity contribution in [3.63, 3.8) is 0 Å². The summed E-state index contributed by atoms with van der Waals surface area (Å²) in [6.45, 7) is 4.42. The first-order valence-electron chi connectivity index (χ1n) is 5.65. The molecule has 2 heterocycles. The summed E-state index contributed by atoms with van der Waals surface area (Å²) in [7, 11) is 1.91. The summed E-state index contributed by atoms with van der Waals surface area (Å²) < 4.78 is 1.79. The van der Waals surface area contributed by atoms with Crippen LogP contribution in [0.2, 0.25) is 0 Å². The minimum atomic E-state index is 0.579. The zero-order chi connectivity index (χ0) is 11.5. The number of nitrogens with zero attached hydrogens (tertiary/aromatic N) is 3. The molecule has 0 N–H and O–H groups in total. The molecule has 1 atom stereocenters. The summed E-state index contributed by atoms with van der Waals surface area (Å²) in [5, 5.41) is 4.14. The molecular weight excluding hydrogens is 198 g/mol. The second kappa shape index (κ2) is 4.47. The molecule has 3 nitrogen and oxygen atoms in total. The van der Waals surface area contributed by atoms with E-state index in [1.54, 1.807) is 4.68 Å². The van der Waals surface area contributed by atoms with Gasteiger partial charge in [-0.05, 0) is 24.0 Å². The van der Waals surface area contributed by atoms with Crippen LogP contribution in [0.15, 0.2) is 30.7 Å². The number of aryl methyl sites for hydroxylation is 1. The highest BCUT2D eigenvalue weighted by Gasteiger charge is 2.05. The molecule has 0 fully saturated rings. The van der Waals surface area contributed by atoms with E-state index in [9.17, 15) is 0 Å². The summed E-state index contributed by atoms with van der Waals surface area (Å²) >= 11 is 0. The fourth-order valence-corrected chi connectivity index (χ4v) is 1.66. The third-order valence-electron chi connectivity index (χ3n) is 2.97. The molecule has 2 aromatic rings. The van der Waals surface area contributed by atoms with E-state index in [2.05, 4.69) is 36.1 Å². The molecule has 0 aliphatic heterocycles. The highest BCUT2D eigenvalue weighted by Crippen LogP contribution is 2.21. The van der Waals surface area contributed by atoms with Crippen molar-refractivity contribution >= 4 is 0 Å². The van der Waals surface area contributed by atoms with Crippen LogP contribution < -0.4 is 0 Å². The molecule has 0 aromatic carbocycles. The number of rotatable bonds is 3. The summed E-state index contributed by atoms with van der Waals surface area (Å²) in [4.78, 5) is 4.48. The van der Waals surface area contributed by atoms with Crippen molar-refractivity contribution < 1.29 is 0 Å². The molecule has 0 aliphatic rings. The maximum atomic E-state index is 4.48. The van der Waals surface area contributed by atoms with Crippen LogP contribution in [0, 0.1) is 0 Å². The third-order valence-corrected chi connectivity index (χ3v) is 2.97. The van der Waals surface area contributed by atoms with Crippen molar-refractivity contribution in [3.05, 3.63) is 36.3 Å². The fourth-order valence-electron chi connectivity index (χ4n) is 1.66. The van der Waals surface area contributed by atoms with Crippen molar-refractivity contribution in [3.8, 4) is 11.3 Å². The van der Waals surface area contributed by atoms with Crippen LogP contribution in [0.5, 0.6) is 0 Å². The lowest BCUT2D eigenvalue weighted by Crippen LogP contribution is -1.92. The van der Waals surface area contributed by atoms with Gasteiger partial charge in [0.1, 0.15) is 0 Å². The normalized spacial score (nSPS) is 12.7. The van der Waals surface area contributed by atoms with Gasteiger partial charge in [0.05, 0.1) is 11.9 Å². The quantitative estimate of drug-likeness (QED) is 0.788. The Balaban J connectivity index is 2.25. The molecule has 84 valence electrons. The van der Waals surface area contributed by atoms with Gasteiger partial charge < -0.3 is 0 Å². The summed E-state index contributed by atoms with van der Waals surface area (Å²) in [5.74, 6) is 0.579. The van der Waals surface area contributed by atoms with Gasteiger partial charge in [-0.3, -0.25) is 9.67 Å². The molecule has 0 bridgehead atoms. The van der Waals surface area contributed by atoms with Crippen LogP contribution in [0.1, 0.15) is 31.7 Å². The average Bonchev–Trinajstić information content (AvgIpc) is 2.75. The Labute approximate surface area is 96.1 Å². The number of hydrogen-bond acceptors (Lipinski definition) is 2. The fraction of sp³-hybridized carbons (Fsp3) is 0.385. The lowest BCUT2D eigenvalue weighted by molar-refractivity contribution is 0.730. The Morgan fingerprint density at radius 3 is 2.62 bits per heavy atom. The number of aromatic nitrogens is 3. The second-order valence-electron chi connectivity index (χ2n) is 4.19. The lowest BCUT2D eigenvalue weighted by atomic mass is 10.0. The molecule has 0 aliphatic carbocycles. The van der Waals surface area contributed by atoms with Crippen molar-refractivity contribution in [1.82, 2.24) is 14.8 Å². The number of hydrogen-bond donors (Lipinski definition) is 0. The Bertz CT molecular complexity index is 456. The minimum absolute atomic E-state index is 0.579. The van der Waals surface area contributed by atoms with Gasteiger partial charge in [0.15, 0.2) is 0 Å². The molecule has 1 unspecified atom stereocenters. The lowest BCUT2D eigenvalue weighted by Gasteiger charge is -2.08. The molecular formula is C13H17N3. The van der Waals surface area contributed by atoms with Crippen LogP contribution in [0.4, 0.5) is 0 Å². The van der Waals surface area contributed by atoms with Crippen molar-refractivity contribution in [2.45, 2.75) is 26.2 Å². The molecule has 16 heavy (non-hydrogen) atoms. The van der Waals surface area contributed by atoms with Gasteiger partial charge in [-0.1, -0.05) is 19.9 Å². The van der Waals surface area contributed by atoms with Gasteiger partial charge in [-0.15, -0.1) is 0 Å². The van der Waals surface area contributed by atoms with Gasteiger partial charge in [0.2, 0.25) is 0 Å². The maximum Gasteiger partial charge on any atom is 0.0733 e. The van der Waals surface area contributed by atoms with Gasteiger partial charge >= 0.3 is 0 Å². The van der Waals surface area contributed by atoms with E-state index in [1.165, 1.54) is 5.56 Å². The van der Waals surface area contributed by atoms with E-state index < -0.39 is 0 Å². The van der Waals surface area contributed by atoms with Crippen LogP contribution in [-0.2, 0) is 7.05 Å². The predicted octanol–water partition coefficient (Wildman–Crippen LogP) is 3.00. The summed E-state index contributed by atoms with van der Waals surface area (Å²) in [5.41, 5.74) is 3.36. The Kier molecular flexibility index (Phi) is 3.04. The Hall–Kier alpha value is -1.64. The largest absolute Gasteiger partial charge is 0.275 e. The Morgan fingerprint density at radius 2 is 2.12 bits per heavy atom. The third kappa shape index (κ3) is 2.13. The minimum Gasteiger partial charge on any atom is -0.275 e. The van der Waals surface area contributed by atoms with Crippen molar-refractivity contribution in [2.24, 2.45) is 7.05 Å². The van der Waals surface area contributed by atoms with E-state index in [0.717, 1.165) is 17.7 Å². The molecule has 2 aromatic heterocycles. The standard InChI is InChI=1S/C13H17N3/c1-4-10(2)11-5-6-13(14-7-11)12-8-15-16(3)9-12/h5-10H,4H2,1-3H3. The van der Waals surface area contributed by atoms with Gasteiger partial charge in [-0.25, -0.2) is 0 Å². The van der Waals surface area contributed by atoms with Crippen LogP contribution >= 0.6 is 0 Å². The molecule has 0 saturated carbocycles. The monoisotopic (exact) mass is 215 g/mol. The van der Waals surface area contributed by atoms with E-state index in [1.807, 2.05) is 25.6 Å². The molecule has 0 amide bonds. The highest BCUT2D eigenvalue weighted by atomic mass is 15.2. The smallest absolute Gasteiger partial charge is 0.0733 e. The molecule has 0 spiro atoms. The van der Waals surface area contributed by atoms with Crippen molar-refractivity contribution in [1.29, 1.82) is 0 Å². The van der Waals surface area contributed by atoms with Gasteiger partial charge in [0.25, 0.3) is 0 Å². The summed E-state index contributed by atoms with van der Waals surface area (Å²) in [6, 6.07) is 4.22. The zero-order valence-electron chi connectivity index (χ0n) is 10.0. The van der Waals surface area contributed by atoms with E-state index >= 15 is 0 Å². The molecule has 2 rings (SSSR count).